The van der Waals surface area contributed by atoms with Crippen LogP contribution in [0.15, 0.2) is 24.3 Å². The summed E-state index contributed by atoms with van der Waals surface area (Å²) in [5, 5.41) is 13.4. The van der Waals surface area contributed by atoms with Crippen LogP contribution in [0.1, 0.15) is 30.6 Å². The monoisotopic (exact) mass is 237 g/mol. The van der Waals surface area contributed by atoms with Gasteiger partial charge in [0.1, 0.15) is 0 Å². The Morgan fingerprint density at radius 2 is 2.18 bits per heavy atom. The van der Waals surface area contributed by atoms with Gasteiger partial charge in [0.15, 0.2) is 0 Å². The van der Waals surface area contributed by atoms with E-state index in [4.69, 9.17) is 4.74 Å². The van der Waals surface area contributed by atoms with E-state index in [9.17, 15) is 5.11 Å². The lowest BCUT2D eigenvalue weighted by molar-refractivity contribution is 0.137. The number of aliphatic hydroxyl groups excluding tert-OH is 1. The molecule has 0 spiro atoms. The van der Waals surface area contributed by atoms with Gasteiger partial charge in [-0.1, -0.05) is 36.8 Å². The number of nitrogens with one attached hydrogen (secondary N) is 1. The molecular formula is C14H23NO2. The van der Waals surface area contributed by atoms with Crippen LogP contribution in [0.5, 0.6) is 0 Å². The quantitative estimate of drug-likeness (QED) is 0.762. The Labute approximate surface area is 104 Å². The SMILES string of the molecule is CCC(COC)NCC(O)c1cccc(C)c1. The molecule has 1 aromatic carbocycles. The van der Waals surface area contributed by atoms with Gasteiger partial charge >= 0.3 is 0 Å². The minimum Gasteiger partial charge on any atom is -0.387 e. The van der Waals surface area contributed by atoms with Crippen molar-refractivity contribution in [3.05, 3.63) is 35.4 Å². The van der Waals surface area contributed by atoms with E-state index < -0.39 is 6.10 Å². The predicted molar refractivity (Wildman–Crippen MR) is 70.1 cm³/mol. The van der Waals surface area contributed by atoms with Crippen molar-refractivity contribution in [1.82, 2.24) is 5.32 Å². The molecule has 0 aromatic heterocycles. The Morgan fingerprint density at radius 3 is 2.76 bits per heavy atom. The Balaban J connectivity index is 2.46. The van der Waals surface area contributed by atoms with E-state index in [1.165, 1.54) is 5.56 Å². The van der Waals surface area contributed by atoms with Crippen LogP contribution in [0.3, 0.4) is 0 Å². The molecule has 0 aliphatic heterocycles. The van der Waals surface area contributed by atoms with E-state index in [2.05, 4.69) is 12.2 Å². The van der Waals surface area contributed by atoms with Gasteiger partial charge in [-0.2, -0.15) is 0 Å². The largest absolute Gasteiger partial charge is 0.387 e. The molecule has 0 saturated heterocycles. The fourth-order valence-corrected chi connectivity index (χ4v) is 1.80. The first-order chi connectivity index (χ1) is 8.17. The van der Waals surface area contributed by atoms with Gasteiger partial charge < -0.3 is 15.2 Å². The van der Waals surface area contributed by atoms with E-state index >= 15 is 0 Å². The lowest BCUT2D eigenvalue weighted by atomic mass is 10.1. The highest BCUT2D eigenvalue weighted by Gasteiger charge is 2.10. The van der Waals surface area contributed by atoms with E-state index in [-0.39, 0.29) is 0 Å². The molecule has 3 nitrogen and oxygen atoms in total. The number of methoxy groups -OCH3 is 1. The third kappa shape index (κ3) is 4.86. The summed E-state index contributed by atoms with van der Waals surface area (Å²) < 4.78 is 5.11. The van der Waals surface area contributed by atoms with Crippen molar-refractivity contribution in [1.29, 1.82) is 0 Å². The van der Waals surface area contributed by atoms with Crippen molar-refractivity contribution < 1.29 is 9.84 Å². The summed E-state index contributed by atoms with van der Waals surface area (Å²) in [6.45, 7) is 5.38. The fraction of sp³-hybridized carbons (Fsp3) is 0.571. The molecule has 17 heavy (non-hydrogen) atoms. The van der Waals surface area contributed by atoms with Gasteiger partial charge in [0, 0.05) is 19.7 Å². The van der Waals surface area contributed by atoms with Crippen molar-refractivity contribution in [2.45, 2.75) is 32.4 Å². The second kappa shape index (κ2) is 7.43. The molecule has 0 saturated carbocycles. The molecule has 0 amide bonds. The molecule has 1 rings (SSSR count). The number of hydrogen-bond donors (Lipinski definition) is 2. The molecule has 0 heterocycles. The van der Waals surface area contributed by atoms with Crippen LogP contribution in [0.25, 0.3) is 0 Å². The summed E-state index contributed by atoms with van der Waals surface area (Å²) >= 11 is 0. The van der Waals surface area contributed by atoms with Gasteiger partial charge in [-0.15, -0.1) is 0 Å². The zero-order valence-corrected chi connectivity index (χ0v) is 10.9. The Morgan fingerprint density at radius 1 is 1.41 bits per heavy atom. The number of ether oxygens (including phenoxy) is 1. The minimum absolute atomic E-state index is 0.305. The molecule has 0 aliphatic carbocycles. The highest BCUT2D eigenvalue weighted by atomic mass is 16.5. The molecular weight excluding hydrogens is 214 g/mol. The van der Waals surface area contributed by atoms with Crippen molar-refractivity contribution >= 4 is 0 Å². The van der Waals surface area contributed by atoms with Crippen LogP contribution < -0.4 is 5.32 Å². The van der Waals surface area contributed by atoms with Crippen molar-refractivity contribution in [3.8, 4) is 0 Å². The van der Waals surface area contributed by atoms with E-state index in [1.807, 2.05) is 31.2 Å². The summed E-state index contributed by atoms with van der Waals surface area (Å²) in [4.78, 5) is 0. The molecule has 0 fully saturated rings. The maximum absolute atomic E-state index is 10.1. The normalized spacial score (nSPS) is 14.6. The molecule has 1 aromatic rings. The third-order valence-corrected chi connectivity index (χ3v) is 2.89. The standard InChI is InChI=1S/C14H23NO2/c1-4-13(10-17-3)15-9-14(16)12-7-5-6-11(2)8-12/h5-8,13-16H,4,9-10H2,1-3H3. The van der Waals surface area contributed by atoms with Gasteiger partial charge in [0.25, 0.3) is 0 Å². The molecule has 0 aliphatic rings. The Kier molecular flexibility index (Phi) is 6.19. The summed E-state index contributed by atoms with van der Waals surface area (Å²) in [6.07, 6.45) is 0.537. The van der Waals surface area contributed by atoms with Crippen molar-refractivity contribution in [2.24, 2.45) is 0 Å². The highest BCUT2D eigenvalue weighted by molar-refractivity contribution is 5.24. The Bertz CT molecular complexity index is 328. The highest BCUT2D eigenvalue weighted by Crippen LogP contribution is 2.13. The van der Waals surface area contributed by atoms with Crippen LogP contribution in [0, 0.1) is 6.92 Å². The molecule has 0 bridgehead atoms. The molecule has 0 radical (unpaired) electrons. The number of aryl methyl sites for hydroxylation is 1. The zero-order valence-electron chi connectivity index (χ0n) is 10.9. The maximum Gasteiger partial charge on any atom is 0.0914 e. The van der Waals surface area contributed by atoms with Gasteiger partial charge in [-0.3, -0.25) is 0 Å². The fourth-order valence-electron chi connectivity index (χ4n) is 1.80. The molecule has 96 valence electrons. The lowest BCUT2D eigenvalue weighted by Crippen LogP contribution is -2.35. The van der Waals surface area contributed by atoms with Crippen molar-refractivity contribution in [3.63, 3.8) is 0 Å². The van der Waals surface area contributed by atoms with Crippen LogP contribution in [-0.2, 0) is 4.74 Å². The summed E-state index contributed by atoms with van der Waals surface area (Å²) in [5.74, 6) is 0. The zero-order chi connectivity index (χ0) is 12.7. The maximum atomic E-state index is 10.1. The number of aliphatic hydroxyl groups is 1. The average Bonchev–Trinajstić information content (AvgIpc) is 2.34. The molecule has 2 atom stereocenters. The van der Waals surface area contributed by atoms with Gasteiger partial charge in [0.05, 0.1) is 12.7 Å². The van der Waals surface area contributed by atoms with Crippen LogP contribution in [0.2, 0.25) is 0 Å². The summed E-state index contributed by atoms with van der Waals surface area (Å²) in [7, 11) is 1.70. The number of rotatable bonds is 7. The van der Waals surface area contributed by atoms with Crippen LogP contribution in [-0.4, -0.2) is 31.4 Å². The second-order valence-corrected chi connectivity index (χ2v) is 4.40. The summed E-state index contributed by atoms with van der Waals surface area (Å²) in [5.41, 5.74) is 2.13. The first-order valence-electron chi connectivity index (χ1n) is 6.14. The van der Waals surface area contributed by atoms with E-state index in [0.29, 0.717) is 19.2 Å². The predicted octanol–water partition coefficient (Wildman–Crippen LogP) is 2.04. The third-order valence-electron chi connectivity index (χ3n) is 2.89. The lowest BCUT2D eigenvalue weighted by Gasteiger charge is -2.19. The Hall–Kier alpha value is -0.900. The van der Waals surface area contributed by atoms with E-state index in [0.717, 1.165) is 12.0 Å². The smallest absolute Gasteiger partial charge is 0.0914 e. The average molecular weight is 237 g/mol. The topological polar surface area (TPSA) is 41.5 Å². The molecule has 2 N–H and O–H groups in total. The van der Waals surface area contributed by atoms with Gasteiger partial charge in [0.2, 0.25) is 0 Å². The van der Waals surface area contributed by atoms with Gasteiger partial charge in [-0.05, 0) is 18.9 Å². The van der Waals surface area contributed by atoms with Crippen molar-refractivity contribution in [2.75, 3.05) is 20.3 Å². The van der Waals surface area contributed by atoms with Gasteiger partial charge in [-0.25, -0.2) is 0 Å². The number of benzene rings is 1. The van der Waals surface area contributed by atoms with E-state index in [1.54, 1.807) is 7.11 Å². The summed E-state index contributed by atoms with van der Waals surface area (Å²) in [6, 6.07) is 8.28. The second-order valence-electron chi connectivity index (χ2n) is 4.40. The minimum atomic E-state index is -0.458. The van der Waals surface area contributed by atoms with Crippen LogP contribution >= 0.6 is 0 Å². The molecule has 3 heteroatoms. The first kappa shape index (κ1) is 14.2. The first-order valence-corrected chi connectivity index (χ1v) is 6.14. The number of hydrogen-bond acceptors (Lipinski definition) is 3. The molecule has 2 unspecified atom stereocenters. The van der Waals surface area contributed by atoms with Crippen LogP contribution in [0.4, 0.5) is 0 Å².